The number of nitrogens with two attached hydrogens (primary N) is 1. The van der Waals surface area contributed by atoms with Crippen molar-refractivity contribution in [1.29, 1.82) is 0 Å². The third kappa shape index (κ3) is 3.79. The molecule has 5 nitrogen and oxygen atoms in total. The van der Waals surface area contributed by atoms with Crippen molar-refractivity contribution in [2.24, 2.45) is 5.14 Å². The van der Waals surface area contributed by atoms with Crippen LogP contribution in [0, 0.1) is 0 Å². The highest BCUT2D eigenvalue weighted by Crippen LogP contribution is 2.27. The number of aromatic nitrogens is 2. The number of halogens is 1. The number of sulfonamides is 1. The van der Waals surface area contributed by atoms with Crippen molar-refractivity contribution in [3.05, 3.63) is 29.8 Å². The zero-order valence-electron chi connectivity index (χ0n) is 11.5. The van der Waals surface area contributed by atoms with Crippen LogP contribution in [0.15, 0.2) is 39.9 Å². The minimum atomic E-state index is -3.73. The van der Waals surface area contributed by atoms with Crippen molar-refractivity contribution in [1.82, 2.24) is 9.55 Å². The largest absolute Gasteiger partial charge is 0.319 e. The Kier molecular flexibility index (Phi) is 4.98. The van der Waals surface area contributed by atoms with E-state index in [-0.39, 0.29) is 4.90 Å². The van der Waals surface area contributed by atoms with Gasteiger partial charge in [-0.15, -0.1) is 0 Å². The SMILES string of the molecule is C=C(Cl)CSc1nc2cc(S(N)(=O)=O)ccc2n1CCC. The van der Waals surface area contributed by atoms with Gasteiger partial charge in [-0.25, -0.2) is 18.5 Å². The van der Waals surface area contributed by atoms with E-state index in [1.54, 1.807) is 6.07 Å². The van der Waals surface area contributed by atoms with Crippen LogP contribution in [0.2, 0.25) is 0 Å². The minimum absolute atomic E-state index is 0.0643. The van der Waals surface area contributed by atoms with E-state index in [9.17, 15) is 8.42 Å². The summed E-state index contributed by atoms with van der Waals surface area (Å²) in [5, 5.41) is 6.49. The first kappa shape index (κ1) is 16.4. The molecule has 0 saturated heterocycles. The lowest BCUT2D eigenvalue weighted by molar-refractivity contribution is 0.598. The van der Waals surface area contributed by atoms with Crippen LogP contribution >= 0.6 is 23.4 Å². The van der Waals surface area contributed by atoms with Gasteiger partial charge in [0.2, 0.25) is 10.0 Å². The van der Waals surface area contributed by atoms with Gasteiger partial charge in [0.25, 0.3) is 0 Å². The van der Waals surface area contributed by atoms with Crippen molar-refractivity contribution >= 4 is 44.4 Å². The predicted octanol–water partition coefficient (Wildman–Crippen LogP) is 2.94. The molecule has 0 saturated carbocycles. The third-order valence-electron chi connectivity index (χ3n) is 2.82. The standard InChI is InChI=1S/C13H16ClN3O2S2/c1-3-6-17-12-5-4-10(21(15,18)19)7-11(12)16-13(17)20-8-9(2)14/h4-5,7H,2-3,6,8H2,1H3,(H2,15,18,19). The second kappa shape index (κ2) is 6.39. The van der Waals surface area contributed by atoms with Crippen molar-refractivity contribution in [2.45, 2.75) is 29.9 Å². The number of hydrogen-bond acceptors (Lipinski definition) is 4. The van der Waals surface area contributed by atoms with Crippen LogP contribution in [0.1, 0.15) is 13.3 Å². The summed E-state index contributed by atoms with van der Waals surface area (Å²) >= 11 is 7.27. The molecule has 0 spiro atoms. The van der Waals surface area contributed by atoms with Crippen LogP contribution in [0.5, 0.6) is 0 Å². The molecule has 21 heavy (non-hydrogen) atoms. The van der Waals surface area contributed by atoms with Crippen LogP contribution in [0.25, 0.3) is 11.0 Å². The average molecular weight is 346 g/mol. The first-order chi connectivity index (χ1) is 9.82. The quantitative estimate of drug-likeness (QED) is 0.816. The second-order valence-electron chi connectivity index (χ2n) is 4.55. The van der Waals surface area contributed by atoms with E-state index in [1.165, 1.54) is 23.9 Å². The molecule has 2 N–H and O–H groups in total. The highest BCUT2D eigenvalue weighted by Gasteiger charge is 2.14. The Hall–Kier alpha value is -1.02. The van der Waals surface area contributed by atoms with Crippen LogP contribution in [-0.2, 0) is 16.6 Å². The van der Waals surface area contributed by atoms with Gasteiger partial charge in [0.15, 0.2) is 5.16 Å². The number of hydrogen-bond donors (Lipinski definition) is 1. The predicted molar refractivity (Wildman–Crippen MR) is 87.1 cm³/mol. The van der Waals surface area contributed by atoms with E-state index in [1.807, 2.05) is 4.57 Å². The van der Waals surface area contributed by atoms with E-state index >= 15 is 0 Å². The molecule has 1 heterocycles. The smallest absolute Gasteiger partial charge is 0.238 e. The number of aryl methyl sites for hydroxylation is 1. The molecule has 0 bridgehead atoms. The van der Waals surface area contributed by atoms with Crippen molar-refractivity contribution < 1.29 is 8.42 Å². The number of imidazole rings is 1. The van der Waals surface area contributed by atoms with Crippen molar-refractivity contribution in [3.63, 3.8) is 0 Å². The van der Waals surface area contributed by atoms with E-state index < -0.39 is 10.0 Å². The van der Waals surface area contributed by atoms with Gasteiger partial charge in [0.1, 0.15) is 0 Å². The van der Waals surface area contributed by atoms with Gasteiger partial charge in [-0.2, -0.15) is 0 Å². The molecular weight excluding hydrogens is 330 g/mol. The molecule has 0 fully saturated rings. The zero-order valence-corrected chi connectivity index (χ0v) is 13.9. The van der Waals surface area contributed by atoms with E-state index in [2.05, 4.69) is 18.5 Å². The summed E-state index contributed by atoms with van der Waals surface area (Å²) in [6.45, 7) is 6.52. The van der Waals surface area contributed by atoms with Gasteiger partial charge in [-0.05, 0) is 24.6 Å². The van der Waals surface area contributed by atoms with Crippen LogP contribution in [0.4, 0.5) is 0 Å². The first-order valence-electron chi connectivity index (χ1n) is 6.32. The minimum Gasteiger partial charge on any atom is -0.319 e. The van der Waals surface area contributed by atoms with Crippen LogP contribution in [-0.4, -0.2) is 23.7 Å². The monoisotopic (exact) mass is 345 g/mol. The highest BCUT2D eigenvalue weighted by molar-refractivity contribution is 7.99. The zero-order chi connectivity index (χ0) is 15.6. The number of thioether (sulfide) groups is 1. The van der Waals surface area contributed by atoms with E-state index in [4.69, 9.17) is 16.7 Å². The molecule has 0 atom stereocenters. The van der Waals surface area contributed by atoms with Crippen LogP contribution in [0.3, 0.4) is 0 Å². The summed E-state index contributed by atoms with van der Waals surface area (Å²) in [7, 11) is -3.73. The molecule has 0 radical (unpaired) electrons. The Morgan fingerprint density at radius 1 is 1.52 bits per heavy atom. The van der Waals surface area contributed by atoms with Crippen molar-refractivity contribution in [2.75, 3.05) is 5.75 Å². The second-order valence-corrected chi connectivity index (χ2v) is 7.59. The van der Waals surface area contributed by atoms with E-state index in [0.717, 1.165) is 23.6 Å². The third-order valence-corrected chi connectivity index (χ3v) is 5.08. The number of benzene rings is 1. The van der Waals surface area contributed by atoms with Gasteiger partial charge in [0, 0.05) is 17.3 Å². The Bertz CT molecular complexity index is 784. The topological polar surface area (TPSA) is 78.0 Å². The van der Waals surface area contributed by atoms with Crippen molar-refractivity contribution in [3.8, 4) is 0 Å². The Morgan fingerprint density at radius 3 is 2.81 bits per heavy atom. The molecule has 8 heteroatoms. The average Bonchev–Trinajstić information content (AvgIpc) is 2.73. The maximum absolute atomic E-state index is 11.4. The van der Waals surface area contributed by atoms with Gasteiger partial charge in [0.05, 0.1) is 15.9 Å². The lowest BCUT2D eigenvalue weighted by atomic mass is 10.3. The fourth-order valence-electron chi connectivity index (χ4n) is 1.96. The van der Waals surface area contributed by atoms with E-state index in [0.29, 0.717) is 16.3 Å². The summed E-state index contributed by atoms with van der Waals surface area (Å²) < 4.78 is 24.9. The summed E-state index contributed by atoms with van der Waals surface area (Å²) in [6.07, 6.45) is 0.942. The van der Waals surface area contributed by atoms with Gasteiger partial charge in [-0.3, -0.25) is 0 Å². The summed E-state index contributed by atoms with van der Waals surface area (Å²) in [4.78, 5) is 4.55. The first-order valence-corrected chi connectivity index (χ1v) is 9.23. The summed E-state index contributed by atoms with van der Waals surface area (Å²) in [5.74, 6) is 0.552. The van der Waals surface area contributed by atoms with Gasteiger partial charge >= 0.3 is 0 Å². The van der Waals surface area contributed by atoms with Gasteiger partial charge in [-0.1, -0.05) is 36.9 Å². The molecular formula is C13H16ClN3O2S2. The molecule has 2 aromatic rings. The Morgan fingerprint density at radius 2 is 2.24 bits per heavy atom. The molecule has 2 rings (SSSR count). The molecule has 0 aliphatic carbocycles. The molecule has 0 amide bonds. The summed E-state index contributed by atoms with van der Waals surface area (Å²) in [6, 6.07) is 4.73. The van der Waals surface area contributed by atoms with Crippen LogP contribution < -0.4 is 5.14 Å². The Labute approximate surface area is 133 Å². The van der Waals surface area contributed by atoms with Gasteiger partial charge < -0.3 is 4.57 Å². The lowest BCUT2D eigenvalue weighted by Crippen LogP contribution is -2.11. The molecule has 1 aromatic heterocycles. The number of primary sulfonamides is 1. The number of nitrogens with zero attached hydrogens (tertiary/aromatic N) is 2. The normalized spacial score (nSPS) is 12.0. The molecule has 0 unspecified atom stereocenters. The number of rotatable bonds is 6. The fourth-order valence-corrected chi connectivity index (χ4v) is 3.45. The number of fused-ring (bicyclic) bond motifs is 1. The molecule has 114 valence electrons. The maximum Gasteiger partial charge on any atom is 0.238 e. The lowest BCUT2D eigenvalue weighted by Gasteiger charge is -2.06. The summed E-state index contributed by atoms with van der Waals surface area (Å²) in [5.41, 5.74) is 1.49. The molecule has 0 aliphatic rings. The maximum atomic E-state index is 11.4. The highest BCUT2D eigenvalue weighted by atomic mass is 35.5. The molecule has 1 aromatic carbocycles. The Balaban J connectivity index is 2.53. The fraction of sp³-hybridized carbons (Fsp3) is 0.308. The molecule has 0 aliphatic heterocycles.